The minimum Gasteiger partial charge on any atom is -0.305 e. The summed E-state index contributed by atoms with van der Waals surface area (Å²) in [6.07, 6.45) is 1.13. The Morgan fingerprint density at radius 2 is 2.16 bits per heavy atom. The van der Waals surface area contributed by atoms with Crippen LogP contribution < -0.4 is 5.32 Å². The van der Waals surface area contributed by atoms with Crippen molar-refractivity contribution in [2.45, 2.75) is 46.1 Å². The summed E-state index contributed by atoms with van der Waals surface area (Å²) < 4.78 is 4.16. The minimum atomic E-state index is 0.238. The van der Waals surface area contributed by atoms with E-state index in [0.29, 0.717) is 5.92 Å². The highest BCUT2D eigenvalue weighted by molar-refractivity contribution is 7.10. The third-order valence-corrected chi connectivity index (χ3v) is 4.72. The van der Waals surface area contributed by atoms with E-state index in [9.17, 15) is 0 Å². The maximum atomic E-state index is 4.31. The topological polar surface area (TPSA) is 37.8 Å². The predicted molar refractivity (Wildman–Crippen MR) is 83.2 cm³/mol. The predicted octanol–water partition coefficient (Wildman–Crippen LogP) is 4.12. The van der Waals surface area contributed by atoms with E-state index in [1.807, 2.05) is 0 Å². The van der Waals surface area contributed by atoms with Crippen LogP contribution >= 0.6 is 22.9 Å². The molecule has 2 aromatic heterocycles. The fourth-order valence-corrected chi connectivity index (χ4v) is 3.71. The van der Waals surface area contributed by atoms with Gasteiger partial charge in [0.2, 0.25) is 0 Å². The Morgan fingerprint density at radius 3 is 2.74 bits per heavy atom. The number of nitrogens with one attached hydrogen (secondary N) is 1. The molecule has 2 heterocycles. The second-order valence-corrected chi connectivity index (χ2v) is 6.96. The van der Waals surface area contributed by atoms with Gasteiger partial charge in [-0.1, -0.05) is 25.3 Å². The molecule has 0 aliphatic heterocycles. The summed E-state index contributed by atoms with van der Waals surface area (Å²) in [4.78, 5) is 2.61. The van der Waals surface area contributed by atoms with Gasteiger partial charge in [0.1, 0.15) is 0 Å². The highest BCUT2D eigenvalue weighted by atomic mass is 32.1. The molecule has 0 bridgehead atoms. The molecule has 0 saturated carbocycles. The molecule has 0 saturated heterocycles. The second kappa shape index (κ2) is 6.59. The van der Waals surface area contributed by atoms with Gasteiger partial charge in [-0.25, -0.2) is 0 Å². The standard InChI is InChI=1S/C14H21N3S2/c1-5-6-15-13(11-7-10(4)18-8-11)14-12(9(2)3)16-17-19-14/h7-9,13,15H,5-6H2,1-4H3. The van der Waals surface area contributed by atoms with Crippen molar-refractivity contribution in [2.75, 3.05) is 6.54 Å². The van der Waals surface area contributed by atoms with Crippen LogP contribution in [-0.4, -0.2) is 16.1 Å². The molecule has 3 nitrogen and oxygen atoms in total. The normalized spacial score (nSPS) is 13.1. The molecule has 2 rings (SSSR count). The Hall–Kier alpha value is -0.780. The van der Waals surface area contributed by atoms with Gasteiger partial charge in [0.05, 0.1) is 16.6 Å². The molecule has 1 atom stereocenters. The van der Waals surface area contributed by atoms with Crippen LogP contribution in [0, 0.1) is 6.92 Å². The number of nitrogens with zero attached hydrogens (tertiary/aromatic N) is 2. The van der Waals surface area contributed by atoms with Gasteiger partial charge in [-0.05, 0) is 54.3 Å². The molecule has 2 aromatic rings. The number of thiophene rings is 1. The molecule has 5 heteroatoms. The molecular formula is C14H21N3S2. The van der Waals surface area contributed by atoms with Gasteiger partial charge in [-0.15, -0.1) is 16.4 Å². The van der Waals surface area contributed by atoms with Crippen molar-refractivity contribution in [1.29, 1.82) is 0 Å². The molecule has 0 radical (unpaired) electrons. The third-order valence-electron chi connectivity index (χ3n) is 3.03. The summed E-state index contributed by atoms with van der Waals surface area (Å²) in [7, 11) is 0. The van der Waals surface area contributed by atoms with Crippen molar-refractivity contribution in [1.82, 2.24) is 14.9 Å². The molecule has 0 aromatic carbocycles. The molecular weight excluding hydrogens is 274 g/mol. The van der Waals surface area contributed by atoms with Gasteiger partial charge in [0.15, 0.2) is 0 Å². The summed E-state index contributed by atoms with van der Waals surface area (Å²) in [5.74, 6) is 0.416. The van der Waals surface area contributed by atoms with E-state index in [-0.39, 0.29) is 6.04 Å². The molecule has 0 aliphatic carbocycles. The highest BCUT2D eigenvalue weighted by Crippen LogP contribution is 2.32. The maximum Gasteiger partial charge on any atom is 0.0832 e. The van der Waals surface area contributed by atoms with Crippen LogP contribution in [0.5, 0.6) is 0 Å². The molecule has 0 spiro atoms. The zero-order chi connectivity index (χ0) is 13.8. The Labute approximate surface area is 123 Å². The van der Waals surface area contributed by atoms with Gasteiger partial charge < -0.3 is 5.32 Å². The average molecular weight is 295 g/mol. The number of rotatable bonds is 6. The zero-order valence-corrected chi connectivity index (χ0v) is 13.6. The van der Waals surface area contributed by atoms with Crippen molar-refractivity contribution in [2.24, 2.45) is 0 Å². The van der Waals surface area contributed by atoms with Crippen LogP contribution in [0.15, 0.2) is 11.4 Å². The van der Waals surface area contributed by atoms with Crippen LogP contribution in [-0.2, 0) is 0 Å². The van der Waals surface area contributed by atoms with Crippen molar-refractivity contribution in [3.05, 3.63) is 32.5 Å². The highest BCUT2D eigenvalue weighted by Gasteiger charge is 2.22. The minimum absolute atomic E-state index is 0.238. The lowest BCUT2D eigenvalue weighted by molar-refractivity contribution is 0.597. The van der Waals surface area contributed by atoms with E-state index in [1.54, 1.807) is 11.3 Å². The van der Waals surface area contributed by atoms with Crippen molar-refractivity contribution in [3.8, 4) is 0 Å². The largest absolute Gasteiger partial charge is 0.305 e. The fraction of sp³-hybridized carbons (Fsp3) is 0.571. The molecule has 0 fully saturated rings. The zero-order valence-electron chi connectivity index (χ0n) is 11.9. The summed E-state index contributed by atoms with van der Waals surface area (Å²) in [5, 5.41) is 10.2. The van der Waals surface area contributed by atoms with Crippen molar-refractivity contribution in [3.63, 3.8) is 0 Å². The lowest BCUT2D eigenvalue weighted by atomic mass is 10.0. The van der Waals surface area contributed by atoms with Gasteiger partial charge in [-0.3, -0.25) is 0 Å². The second-order valence-electron chi connectivity index (χ2n) is 5.05. The smallest absolute Gasteiger partial charge is 0.0832 e. The molecule has 19 heavy (non-hydrogen) atoms. The van der Waals surface area contributed by atoms with Crippen LogP contribution in [0.25, 0.3) is 0 Å². The molecule has 0 amide bonds. The first kappa shape index (κ1) is 14.6. The van der Waals surface area contributed by atoms with Gasteiger partial charge in [0, 0.05) is 4.88 Å². The summed E-state index contributed by atoms with van der Waals surface area (Å²) >= 11 is 3.32. The summed E-state index contributed by atoms with van der Waals surface area (Å²) in [6.45, 7) is 9.71. The Kier molecular flexibility index (Phi) is 5.07. The van der Waals surface area contributed by atoms with E-state index >= 15 is 0 Å². The first-order valence-corrected chi connectivity index (χ1v) is 8.39. The molecule has 104 valence electrons. The van der Waals surface area contributed by atoms with Crippen molar-refractivity contribution < 1.29 is 0 Å². The number of hydrogen-bond donors (Lipinski definition) is 1. The lowest BCUT2D eigenvalue weighted by Crippen LogP contribution is -2.23. The fourth-order valence-electron chi connectivity index (χ4n) is 2.07. The number of aromatic nitrogens is 2. The van der Waals surface area contributed by atoms with Crippen LogP contribution in [0.2, 0.25) is 0 Å². The van der Waals surface area contributed by atoms with Crippen molar-refractivity contribution >= 4 is 22.9 Å². The molecule has 1 unspecified atom stereocenters. The Balaban J connectivity index is 2.34. The van der Waals surface area contributed by atoms with Crippen LogP contribution in [0.1, 0.15) is 60.2 Å². The number of hydrogen-bond acceptors (Lipinski definition) is 5. The third kappa shape index (κ3) is 3.41. The first-order valence-electron chi connectivity index (χ1n) is 6.74. The molecule has 1 N–H and O–H groups in total. The monoisotopic (exact) mass is 295 g/mol. The molecule has 0 aliphatic rings. The van der Waals surface area contributed by atoms with E-state index in [2.05, 4.69) is 54.0 Å². The average Bonchev–Trinajstić information content (AvgIpc) is 2.99. The van der Waals surface area contributed by atoms with E-state index in [1.165, 1.54) is 26.9 Å². The van der Waals surface area contributed by atoms with E-state index in [4.69, 9.17) is 0 Å². The Morgan fingerprint density at radius 1 is 1.37 bits per heavy atom. The summed E-state index contributed by atoms with van der Waals surface area (Å²) in [6, 6.07) is 2.50. The number of aryl methyl sites for hydroxylation is 1. The van der Waals surface area contributed by atoms with Crippen LogP contribution in [0.4, 0.5) is 0 Å². The maximum absolute atomic E-state index is 4.31. The quantitative estimate of drug-likeness (QED) is 0.871. The Bertz CT molecular complexity index is 516. The van der Waals surface area contributed by atoms with Gasteiger partial charge in [0.25, 0.3) is 0 Å². The van der Waals surface area contributed by atoms with Gasteiger partial charge in [-0.2, -0.15) is 0 Å². The SMILES string of the molecule is CCCNC(c1csc(C)c1)c1snnc1C(C)C. The lowest BCUT2D eigenvalue weighted by Gasteiger charge is -2.17. The van der Waals surface area contributed by atoms with E-state index < -0.39 is 0 Å². The van der Waals surface area contributed by atoms with Crippen LogP contribution in [0.3, 0.4) is 0 Å². The summed E-state index contributed by atoms with van der Waals surface area (Å²) in [5.41, 5.74) is 2.46. The van der Waals surface area contributed by atoms with E-state index in [0.717, 1.165) is 18.7 Å². The first-order chi connectivity index (χ1) is 9.13. The van der Waals surface area contributed by atoms with Gasteiger partial charge >= 0.3 is 0 Å².